The molecule has 0 saturated heterocycles. The molecule has 0 spiro atoms. The van der Waals surface area contributed by atoms with E-state index in [4.69, 9.17) is 0 Å². The number of nitrogens with one attached hydrogen (secondary N) is 2. The van der Waals surface area contributed by atoms with Gasteiger partial charge in [0.25, 0.3) is 15.9 Å². The van der Waals surface area contributed by atoms with Crippen LogP contribution >= 0.6 is 0 Å². The van der Waals surface area contributed by atoms with Gasteiger partial charge in [-0.05, 0) is 66.1 Å². The van der Waals surface area contributed by atoms with Crippen molar-refractivity contribution in [1.29, 1.82) is 0 Å². The fourth-order valence-electron chi connectivity index (χ4n) is 6.07. The molecule has 0 saturated carbocycles. The zero-order valence-electron chi connectivity index (χ0n) is 22.2. The Morgan fingerprint density at radius 3 is 2.67 bits per heavy atom. The maximum atomic E-state index is 13.7. The number of aromatic amines is 1. The van der Waals surface area contributed by atoms with Crippen molar-refractivity contribution in [2.45, 2.75) is 50.8 Å². The number of hydrogen-bond donors (Lipinski definition) is 3. The zero-order chi connectivity index (χ0) is 28.4. The third kappa shape index (κ3) is 4.32. The Morgan fingerprint density at radius 2 is 1.90 bits per heavy atom. The van der Waals surface area contributed by atoms with E-state index < -0.39 is 21.9 Å². The molecular weight excluding hydrogens is 530 g/mol. The van der Waals surface area contributed by atoms with Crippen LogP contribution in [-0.2, 0) is 38.9 Å². The normalized spacial score (nSPS) is 18.4. The number of fused-ring (bicyclic) bond motifs is 3. The highest BCUT2D eigenvalue weighted by molar-refractivity contribution is 7.92. The van der Waals surface area contributed by atoms with Gasteiger partial charge in [0.1, 0.15) is 0 Å². The number of anilines is 2. The lowest BCUT2D eigenvalue weighted by Gasteiger charge is -2.28. The number of nitrogens with zero attached hydrogens (tertiary/aromatic N) is 1. The van der Waals surface area contributed by atoms with Gasteiger partial charge >= 0.3 is 5.97 Å². The lowest BCUT2D eigenvalue weighted by Crippen LogP contribution is -2.29. The zero-order valence-corrected chi connectivity index (χ0v) is 23.0. The van der Waals surface area contributed by atoms with Gasteiger partial charge in [0, 0.05) is 47.6 Å². The quantitative estimate of drug-likeness (QED) is 0.382. The van der Waals surface area contributed by atoms with Crippen LogP contribution in [0.5, 0.6) is 0 Å². The summed E-state index contributed by atoms with van der Waals surface area (Å²) >= 11 is 0. The Morgan fingerprint density at radius 1 is 1.12 bits per heavy atom. The lowest BCUT2D eigenvalue weighted by molar-refractivity contribution is -0.137. The first-order chi connectivity index (χ1) is 18.9. The van der Waals surface area contributed by atoms with Gasteiger partial charge in [0.2, 0.25) is 0 Å². The van der Waals surface area contributed by atoms with E-state index in [9.17, 15) is 27.9 Å². The molecule has 3 N–H and O–H groups in total. The van der Waals surface area contributed by atoms with Gasteiger partial charge in [0.05, 0.1) is 16.2 Å². The fourth-order valence-corrected chi connectivity index (χ4v) is 7.60. The molecule has 206 valence electrons. The Labute approximate surface area is 232 Å². The third-order valence-electron chi connectivity index (χ3n) is 7.87. The first kappa shape index (κ1) is 26.1. The summed E-state index contributed by atoms with van der Waals surface area (Å²) < 4.78 is 28.8. The molecule has 3 heterocycles. The van der Waals surface area contributed by atoms with Gasteiger partial charge in [-0.2, -0.15) is 0 Å². The number of hydrogen-bond acceptors (Lipinski definition) is 5. The summed E-state index contributed by atoms with van der Waals surface area (Å²) in [5, 5.41) is 12.1. The summed E-state index contributed by atoms with van der Waals surface area (Å²) in [5.74, 6) is -1.44. The summed E-state index contributed by atoms with van der Waals surface area (Å²) in [4.78, 5) is 41.0. The predicted molar refractivity (Wildman–Crippen MR) is 151 cm³/mol. The number of benzene rings is 2. The van der Waals surface area contributed by atoms with E-state index in [1.807, 2.05) is 32.0 Å². The van der Waals surface area contributed by atoms with Gasteiger partial charge in [-0.25, -0.2) is 8.42 Å². The molecule has 2 aromatic carbocycles. The van der Waals surface area contributed by atoms with E-state index in [-0.39, 0.29) is 34.5 Å². The molecule has 40 heavy (non-hydrogen) atoms. The lowest BCUT2D eigenvalue weighted by atomic mass is 9.75. The van der Waals surface area contributed by atoms with E-state index in [0.717, 1.165) is 11.3 Å². The average Bonchev–Trinajstić information content (AvgIpc) is 3.55. The number of amides is 1. The summed E-state index contributed by atoms with van der Waals surface area (Å²) in [7, 11) is -3.89. The molecule has 1 aliphatic carbocycles. The minimum Gasteiger partial charge on any atom is -0.481 e. The van der Waals surface area contributed by atoms with Gasteiger partial charge in [-0.1, -0.05) is 32.0 Å². The van der Waals surface area contributed by atoms with Crippen molar-refractivity contribution >= 4 is 50.7 Å². The number of ketones is 1. The summed E-state index contributed by atoms with van der Waals surface area (Å²) in [5.41, 5.74) is 4.84. The minimum absolute atomic E-state index is 0.0527. The van der Waals surface area contributed by atoms with E-state index in [0.29, 0.717) is 59.6 Å². The maximum Gasteiger partial charge on any atom is 0.303 e. The average molecular weight is 560 g/mol. The number of carboxylic acid groups (broad SMARTS) is 1. The molecule has 3 aromatic rings. The number of Topliss-reactive ketones (excluding diaryl/α,β-unsaturated/α-hetero) is 1. The monoisotopic (exact) mass is 559 g/mol. The Kier molecular flexibility index (Phi) is 5.99. The van der Waals surface area contributed by atoms with Crippen molar-refractivity contribution in [2.75, 3.05) is 16.2 Å². The van der Waals surface area contributed by atoms with Crippen molar-refractivity contribution in [1.82, 2.24) is 4.98 Å². The van der Waals surface area contributed by atoms with Crippen LogP contribution in [0.3, 0.4) is 0 Å². The predicted octanol–water partition coefficient (Wildman–Crippen LogP) is 4.43. The van der Waals surface area contributed by atoms with Crippen molar-refractivity contribution < 1.29 is 27.9 Å². The number of sulfonamides is 1. The molecule has 3 aliphatic rings. The van der Waals surface area contributed by atoms with Crippen LogP contribution in [-0.4, -0.2) is 42.7 Å². The van der Waals surface area contributed by atoms with Crippen LogP contribution in [0.4, 0.5) is 11.4 Å². The Balaban J connectivity index is 1.43. The first-order valence-corrected chi connectivity index (χ1v) is 14.7. The number of para-hydroxylation sites is 1. The van der Waals surface area contributed by atoms with Crippen molar-refractivity contribution in [3.8, 4) is 0 Å². The van der Waals surface area contributed by atoms with Gasteiger partial charge in [0.15, 0.2) is 5.78 Å². The standard InChI is InChI=1S/C30H29N3O6S/c1-30(2)15-24-28(26(34)16-30)19(8-10-27(35)36)23(31-24)14-21-20-13-18(7-9-22(20)32-29(21)37)40(38,39)33-12-11-17-5-3-4-6-25(17)33/h3-7,9,13-14,31H,8,10-12,15-16H2,1-2H3,(H,32,37)(H,35,36)/b21-14-. The number of carbonyl (C=O) groups is 3. The number of H-pyrrole nitrogens is 1. The molecule has 0 radical (unpaired) electrons. The number of rotatable bonds is 6. The number of aliphatic carboxylic acids is 1. The highest BCUT2D eigenvalue weighted by Crippen LogP contribution is 2.41. The smallest absolute Gasteiger partial charge is 0.303 e. The van der Waals surface area contributed by atoms with Crippen LogP contribution in [0.15, 0.2) is 47.4 Å². The topological polar surface area (TPSA) is 137 Å². The largest absolute Gasteiger partial charge is 0.481 e. The van der Waals surface area contributed by atoms with E-state index in [1.165, 1.54) is 16.4 Å². The molecule has 1 aromatic heterocycles. The highest BCUT2D eigenvalue weighted by Gasteiger charge is 2.36. The van der Waals surface area contributed by atoms with Crippen molar-refractivity contribution in [2.24, 2.45) is 5.41 Å². The van der Waals surface area contributed by atoms with Gasteiger partial charge in [-0.3, -0.25) is 18.7 Å². The minimum atomic E-state index is -3.89. The number of carbonyl (C=O) groups excluding carboxylic acids is 2. The second-order valence-corrected chi connectivity index (χ2v) is 13.2. The van der Waals surface area contributed by atoms with Crippen molar-refractivity contribution in [3.63, 3.8) is 0 Å². The SMILES string of the molecule is CC1(C)CC(=O)c2c([nH]c(/C=C3\C(=O)Nc4ccc(S(=O)(=O)N5CCc6ccccc65)cc43)c2CCC(=O)O)C1. The van der Waals surface area contributed by atoms with Crippen LogP contribution in [0, 0.1) is 5.41 Å². The molecule has 0 unspecified atom stereocenters. The van der Waals surface area contributed by atoms with Crippen LogP contribution in [0.2, 0.25) is 0 Å². The van der Waals surface area contributed by atoms with Crippen molar-refractivity contribution in [3.05, 3.63) is 76.1 Å². The molecule has 0 atom stereocenters. The number of aromatic nitrogens is 1. The molecular formula is C30H29N3O6S. The molecule has 9 nitrogen and oxygen atoms in total. The second kappa shape index (κ2) is 9.19. The fraction of sp³-hybridized carbons (Fsp3) is 0.300. The van der Waals surface area contributed by atoms with E-state index in [1.54, 1.807) is 18.2 Å². The van der Waals surface area contributed by atoms with Gasteiger partial charge in [-0.15, -0.1) is 0 Å². The van der Waals surface area contributed by atoms with Crippen LogP contribution in [0.1, 0.15) is 65.1 Å². The summed E-state index contributed by atoms with van der Waals surface area (Å²) in [6, 6.07) is 12.0. The molecule has 10 heteroatoms. The molecule has 6 rings (SSSR count). The van der Waals surface area contributed by atoms with E-state index >= 15 is 0 Å². The highest BCUT2D eigenvalue weighted by atomic mass is 32.2. The maximum absolute atomic E-state index is 13.7. The molecule has 0 fully saturated rings. The molecule has 1 amide bonds. The second-order valence-electron chi connectivity index (χ2n) is 11.4. The Bertz CT molecular complexity index is 1750. The summed E-state index contributed by atoms with van der Waals surface area (Å²) in [6.45, 7) is 4.35. The number of carboxylic acids is 1. The Hall–Kier alpha value is -4.18. The third-order valence-corrected chi connectivity index (χ3v) is 9.68. The van der Waals surface area contributed by atoms with Crippen LogP contribution < -0.4 is 9.62 Å². The first-order valence-electron chi connectivity index (χ1n) is 13.2. The molecule has 0 bridgehead atoms. The summed E-state index contributed by atoms with van der Waals surface area (Å²) in [6.07, 6.45) is 3.15. The van der Waals surface area contributed by atoms with Gasteiger partial charge < -0.3 is 15.4 Å². The molecule has 2 aliphatic heterocycles. The van der Waals surface area contributed by atoms with Crippen LogP contribution in [0.25, 0.3) is 11.6 Å². The van der Waals surface area contributed by atoms with E-state index in [2.05, 4.69) is 10.3 Å².